The molecule has 0 aliphatic carbocycles. The molecule has 0 bridgehead atoms. The Kier molecular flexibility index (Phi) is 4.35. The highest BCUT2D eigenvalue weighted by atomic mass is 16.5. The van der Waals surface area contributed by atoms with Gasteiger partial charge in [0.1, 0.15) is 11.4 Å². The number of rotatable bonds is 4. The number of nitrogens with one attached hydrogen (secondary N) is 1. The number of pyridine rings is 1. The quantitative estimate of drug-likeness (QED) is 0.925. The van der Waals surface area contributed by atoms with Gasteiger partial charge >= 0.3 is 0 Å². The standard InChI is InChI=1S/C16H18N2O2/c1-11(2)12-7-8-13(15(10-12)20-3)18-16(19)14-6-4-5-9-17-14/h4-11H,1-3H3,(H,18,19). The molecule has 4 heteroatoms. The van der Waals surface area contributed by atoms with E-state index < -0.39 is 0 Å². The van der Waals surface area contributed by atoms with E-state index in [2.05, 4.69) is 24.1 Å². The van der Waals surface area contributed by atoms with E-state index in [9.17, 15) is 4.79 Å². The molecule has 20 heavy (non-hydrogen) atoms. The first-order valence-corrected chi connectivity index (χ1v) is 6.52. The Balaban J connectivity index is 2.23. The normalized spacial score (nSPS) is 10.4. The van der Waals surface area contributed by atoms with Crippen molar-refractivity contribution in [2.45, 2.75) is 19.8 Å². The van der Waals surface area contributed by atoms with Crippen LogP contribution >= 0.6 is 0 Å². The Labute approximate surface area is 118 Å². The van der Waals surface area contributed by atoms with Gasteiger partial charge in [-0.25, -0.2) is 0 Å². The van der Waals surface area contributed by atoms with E-state index in [1.54, 1.807) is 31.5 Å². The van der Waals surface area contributed by atoms with Crippen LogP contribution in [0.1, 0.15) is 35.8 Å². The second-order valence-electron chi connectivity index (χ2n) is 4.78. The van der Waals surface area contributed by atoms with Crippen molar-refractivity contribution in [3.63, 3.8) is 0 Å². The van der Waals surface area contributed by atoms with Gasteiger partial charge in [-0.2, -0.15) is 0 Å². The first-order valence-electron chi connectivity index (χ1n) is 6.52. The smallest absolute Gasteiger partial charge is 0.274 e. The van der Waals surface area contributed by atoms with Gasteiger partial charge < -0.3 is 10.1 Å². The minimum Gasteiger partial charge on any atom is -0.495 e. The van der Waals surface area contributed by atoms with Gasteiger partial charge in [-0.05, 0) is 35.7 Å². The molecule has 1 aromatic heterocycles. The molecule has 0 spiro atoms. The van der Waals surface area contributed by atoms with E-state index in [-0.39, 0.29) is 5.91 Å². The van der Waals surface area contributed by atoms with Crippen LogP contribution in [-0.4, -0.2) is 18.0 Å². The molecule has 0 saturated carbocycles. The summed E-state index contributed by atoms with van der Waals surface area (Å²) in [6.45, 7) is 4.22. The zero-order chi connectivity index (χ0) is 14.5. The molecule has 0 atom stereocenters. The summed E-state index contributed by atoms with van der Waals surface area (Å²) >= 11 is 0. The third-order valence-corrected chi connectivity index (χ3v) is 3.04. The van der Waals surface area contributed by atoms with Crippen LogP contribution in [0, 0.1) is 0 Å². The van der Waals surface area contributed by atoms with Crippen LogP contribution in [0.5, 0.6) is 5.75 Å². The van der Waals surface area contributed by atoms with E-state index in [0.29, 0.717) is 23.0 Å². The number of aromatic nitrogens is 1. The van der Waals surface area contributed by atoms with Gasteiger partial charge in [-0.3, -0.25) is 9.78 Å². The topological polar surface area (TPSA) is 51.2 Å². The third kappa shape index (κ3) is 3.15. The molecule has 0 unspecified atom stereocenters. The summed E-state index contributed by atoms with van der Waals surface area (Å²) in [6.07, 6.45) is 1.59. The van der Waals surface area contributed by atoms with Crippen LogP contribution in [0.15, 0.2) is 42.6 Å². The Morgan fingerprint density at radius 3 is 2.65 bits per heavy atom. The first kappa shape index (κ1) is 14.1. The predicted molar refractivity (Wildman–Crippen MR) is 79.3 cm³/mol. The zero-order valence-electron chi connectivity index (χ0n) is 11.9. The monoisotopic (exact) mass is 270 g/mol. The Morgan fingerprint density at radius 2 is 2.05 bits per heavy atom. The average molecular weight is 270 g/mol. The fraction of sp³-hybridized carbons (Fsp3) is 0.250. The lowest BCUT2D eigenvalue weighted by molar-refractivity contribution is 0.102. The maximum absolute atomic E-state index is 12.1. The van der Waals surface area contributed by atoms with Crippen molar-refractivity contribution in [3.05, 3.63) is 53.9 Å². The SMILES string of the molecule is COc1cc(C(C)C)ccc1NC(=O)c1ccccn1. The number of anilines is 1. The van der Waals surface area contributed by atoms with Crippen LogP contribution in [0.4, 0.5) is 5.69 Å². The number of ether oxygens (including phenoxy) is 1. The molecular formula is C16H18N2O2. The Hall–Kier alpha value is -2.36. The van der Waals surface area contributed by atoms with Crippen molar-refractivity contribution in [2.24, 2.45) is 0 Å². The molecule has 0 aliphatic heterocycles. The molecule has 1 N–H and O–H groups in total. The van der Waals surface area contributed by atoms with Crippen molar-refractivity contribution in [1.82, 2.24) is 4.98 Å². The molecule has 1 aromatic carbocycles. The second-order valence-corrected chi connectivity index (χ2v) is 4.78. The summed E-state index contributed by atoms with van der Waals surface area (Å²) in [7, 11) is 1.59. The minimum absolute atomic E-state index is 0.249. The lowest BCUT2D eigenvalue weighted by atomic mass is 10.0. The molecule has 0 radical (unpaired) electrons. The maximum Gasteiger partial charge on any atom is 0.274 e. The largest absolute Gasteiger partial charge is 0.495 e. The number of methoxy groups -OCH3 is 1. The van der Waals surface area contributed by atoms with Crippen molar-refractivity contribution < 1.29 is 9.53 Å². The van der Waals surface area contributed by atoms with Crippen LogP contribution in [0.25, 0.3) is 0 Å². The van der Waals surface area contributed by atoms with E-state index in [1.165, 1.54) is 0 Å². The van der Waals surface area contributed by atoms with Gasteiger partial charge in [0.2, 0.25) is 0 Å². The van der Waals surface area contributed by atoms with Gasteiger partial charge in [0.05, 0.1) is 12.8 Å². The summed E-state index contributed by atoms with van der Waals surface area (Å²) in [5.41, 5.74) is 2.19. The number of amides is 1. The Bertz CT molecular complexity index is 595. The number of carbonyl (C=O) groups is 1. The van der Waals surface area contributed by atoms with Crippen LogP contribution in [-0.2, 0) is 0 Å². The first-order chi connectivity index (χ1) is 9.61. The predicted octanol–water partition coefficient (Wildman–Crippen LogP) is 3.47. The zero-order valence-corrected chi connectivity index (χ0v) is 11.9. The molecular weight excluding hydrogens is 252 g/mol. The maximum atomic E-state index is 12.1. The van der Waals surface area contributed by atoms with Crippen LogP contribution in [0.2, 0.25) is 0 Å². The summed E-state index contributed by atoms with van der Waals surface area (Å²) in [6, 6.07) is 11.0. The van der Waals surface area contributed by atoms with Crippen LogP contribution in [0.3, 0.4) is 0 Å². The van der Waals surface area contributed by atoms with Gasteiger partial charge in [0.25, 0.3) is 5.91 Å². The number of hydrogen-bond acceptors (Lipinski definition) is 3. The van der Waals surface area contributed by atoms with E-state index in [0.717, 1.165) is 5.56 Å². The molecule has 2 aromatic rings. The van der Waals surface area contributed by atoms with Gasteiger partial charge in [0, 0.05) is 6.20 Å². The van der Waals surface area contributed by atoms with Crippen molar-refractivity contribution in [2.75, 3.05) is 12.4 Å². The van der Waals surface area contributed by atoms with E-state index in [1.807, 2.05) is 18.2 Å². The third-order valence-electron chi connectivity index (χ3n) is 3.04. The molecule has 104 valence electrons. The number of nitrogens with zero attached hydrogens (tertiary/aromatic N) is 1. The second kappa shape index (κ2) is 6.19. The van der Waals surface area contributed by atoms with Crippen molar-refractivity contribution in [1.29, 1.82) is 0 Å². The number of benzene rings is 1. The average Bonchev–Trinajstić information content (AvgIpc) is 2.48. The van der Waals surface area contributed by atoms with Crippen molar-refractivity contribution in [3.8, 4) is 5.75 Å². The van der Waals surface area contributed by atoms with Gasteiger partial charge in [-0.1, -0.05) is 26.0 Å². The molecule has 0 aliphatic rings. The highest BCUT2D eigenvalue weighted by Crippen LogP contribution is 2.29. The summed E-state index contributed by atoms with van der Waals surface area (Å²) in [5.74, 6) is 0.811. The molecule has 0 saturated heterocycles. The van der Waals surface area contributed by atoms with E-state index >= 15 is 0 Å². The molecule has 4 nitrogen and oxygen atoms in total. The number of carbonyl (C=O) groups excluding carboxylic acids is 1. The lowest BCUT2D eigenvalue weighted by Crippen LogP contribution is -2.14. The number of hydrogen-bond donors (Lipinski definition) is 1. The molecule has 1 heterocycles. The molecule has 1 amide bonds. The Morgan fingerprint density at radius 1 is 1.25 bits per heavy atom. The minimum atomic E-state index is -0.249. The molecule has 2 rings (SSSR count). The molecule has 0 fully saturated rings. The highest BCUT2D eigenvalue weighted by molar-refractivity contribution is 6.03. The fourth-order valence-electron chi connectivity index (χ4n) is 1.85. The lowest BCUT2D eigenvalue weighted by Gasteiger charge is -2.13. The summed E-state index contributed by atoms with van der Waals surface area (Å²) in [4.78, 5) is 16.1. The van der Waals surface area contributed by atoms with Crippen molar-refractivity contribution >= 4 is 11.6 Å². The van der Waals surface area contributed by atoms with Crippen LogP contribution < -0.4 is 10.1 Å². The van der Waals surface area contributed by atoms with Gasteiger partial charge in [0.15, 0.2) is 0 Å². The summed E-state index contributed by atoms with van der Waals surface area (Å²) < 4.78 is 5.34. The summed E-state index contributed by atoms with van der Waals surface area (Å²) in [5, 5.41) is 2.82. The van der Waals surface area contributed by atoms with E-state index in [4.69, 9.17) is 4.74 Å². The fourth-order valence-corrected chi connectivity index (χ4v) is 1.85. The highest BCUT2D eigenvalue weighted by Gasteiger charge is 2.11. The van der Waals surface area contributed by atoms with Gasteiger partial charge in [-0.15, -0.1) is 0 Å².